The van der Waals surface area contributed by atoms with Crippen molar-refractivity contribution in [1.29, 1.82) is 0 Å². The molecule has 10 nitrogen and oxygen atoms in total. The van der Waals surface area contributed by atoms with E-state index in [0.717, 1.165) is 25.0 Å². The fraction of sp³-hybridized carbons (Fsp3) is 0.647. The number of benzene rings is 1. The average molecular weight is 414 g/mol. The van der Waals surface area contributed by atoms with Crippen LogP contribution in [-0.4, -0.2) is 37.4 Å². The second kappa shape index (κ2) is 9.28. The van der Waals surface area contributed by atoms with E-state index in [2.05, 4.69) is 4.72 Å². The molecule has 0 saturated heterocycles. The average Bonchev–Trinajstić information content (AvgIpc) is 3.12. The summed E-state index contributed by atoms with van der Waals surface area (Å²) >= 11 is 0. The predicted molar refractivity (Wildman–Crippen MR) is 105 cm³/mol. The van der Waals surface area contributed by atoms with E-state index < -0.39 is 36.1 Å². The molecule has 0 amide bonds. The first-order valence-electron chi connectivity index (χ1n) is 9.45. The van der Waals surface area contributed by atoms with Gasteiger partial charge in [0.15, 0.2) is 5.69 Å². The van der Waals surface area contributed by atoms with Crippen LogP contribution in [0.1, 0.15) is 52.4 Å². The van der Waals surface area contributed by atoms with Gasteiger partial charge in [0.2, 0.25) is 10.0 Å². The van der Waals surface area contributed by atoms with Gasteiger partial charge in [-0.15, -0.1) is 0 Å². The molecule has 0 aliphatic heterocycles. The van der Waals surface area contributed by atoms with Crippen LogP contribution in [0.25, 0.3) is 0 Å². The molecule has 0 bridgehead atoms. The zero-order valence-electron chi connectivity index (χ0n) is 16.1. The Morgan fingerprint density at radius 1 is 1.04 bits per heavy atom. The molecule has 1 aliphatic carbocycles. The highest BCUT2D eigenvalue weighted by molar-refractivity contribution is 7.89. The number of hydrogen-bond acceptors (Lipinski definition) is 7. The quantitative estimate of drug-likeness (QED) is 0.458. The fourth-order valence-corrected chi connectivity index (χ4v) is 4.89. The lowest BCUT2D eigenvalue weighted by Gasteiger charge is -2.23. The van der Waals surface area contributed by atoms with Crippen LogP contribution >= 0.6 is 0 Å². The molecule has 28 heavy (non-hydrogen) atoms. The van der Waals surface area contributed by atoms with Crippen molar-refractivity contribution in [2.75, 3.05) is 18.0 Å². The first-order chi connectivity index (χ1) is 13.2. The summed E-state index contributed by atoms with van der Waals surface area (Å²) < 4.78 is 27.9. The molecule has 11 heteroatoms. The third kappa shape index (κ3) is 4.96. The van der Waals surface area contributed by atoms with Gasteiger partial charge in [0, 0.05) is 31.3 Å². The number of sulfonamides is 1. The molecule has 1 fully saturated rings. The Labute approximate surface area is 164 Å². The maximum Gasteiger partial charge on any atom is 0.301 e. The molecule has 0 spiro atoms. The number of nitro groups is 2. The van der Waals surface area contributed by atoms with Crippen LogP contribution < -0.4 is 9.62 Å². The topological polar surface area (TPSA) is 136 Å². The molecule has 0 radical (unpaired) electrons. The molecular weight excluding hydrogens is 388 g/mol. The van der Waals surface area contributed by atoms with Crippen molar-refractivity contribution in [3.05, 3.63) is 32.4 Å². The van der Waals surface area contributed by atoms with Crippen LogP contribution in [0.5, 0.6) is 0 Å². The van der Waals surface area contributed by atoms with Gasteiger partial charge in [-0.2, -0.15) is 0 Å². The first-order valence-corrected chi connectivity index (χ1v) is 10.9. The normalized spacial score (nSPS) is 14.9. The highest BCUT2D eigenvalue weighted by atomic mass is 32.2. The van der Waals surface area contributed by atoms with Crippen LogP contribution in [0.3, 0.4) is 0 Å². The Balaban J connectivity index is 2.61. The lowest BCUT2D eigenvalue weighted by molar-refractivity contribution is -0.393. The number of nitro benzene ring substituents is 2. The highest BCUT2D eigenvalue weighted by Gasteiger charge is 2.34. The van der Waals surface area contributed by atoms with E-state index in [4.69, 9.17) is 0 Å². The number of nitrogens with one attached hydrogen (secondary N) is 1. The van der Waals surface area contributed by atoms with Crippen LogP contribution in [-0.2, 0) is 10.0 Å². The monoisotopic (exact) mass is 414 g/mol. The minimum absolute atomic E-state index is 0.140. The van der Waals surface area contributed by atoms with Crippen molar-refractivity contribution in [3.63, 3.8) is 0 Å². The third-order valence-corrected chi connectivity index (χ3v) is 6.23. The number of nitrogens with zero attached hydrogens (tertiary/aromatic N) is 3. The van der Waals surface area contributed by atoms with Crippen LogP contribution in [0.2, 0.25) is 0 Å². The summed E-state index contributed by atoms with van der Waals surface area (Å²) in [7, 11) is -4.10. The Morgan fingerprint density at radius 2 is 1.50 bits per heavy atom. The van der Waals surface area contributed by atoms with Gasteiger partial charge in [-0.25, -0.2) is 13.1 Å². The largest absolute Gasteiger partial charge is 0.360 e. The van der Waals surface area contributed by atoms with Gasteiger partial charge in [0.05, 0.1) is 14.7 Å². The van der Waals surface area contributed by atoms with Gasteiger partial charge >= 0.3 is 11.4 Å². The zero-order chi connectivity index (χ0) is 20.9. The van der Waals surface area contributed by atoms with E-state index in [0.29, 0.717) is 38.8 Å². The van der Waals surface area contributed by atoms with Crippen LogP contribution in [0.15, 0.2) is 17.0 Å². The van der Waals surface area contributed by atoms with Crippen LogP contribution in [0.4, 0.5) is 17.1 Å². The molecular formula is C17H26N4O6S. The Morgan fingerprint density at radius 3 is 1.89 bits per heavy atom. The Hall–Kier alpha value is -2.27. The van der Waals surface area contributed by atoms with Gasteiger partial charge in [-0.3, -0.25) is 20.2 Å². The van der Waals surface area contributed by atoms with Gasteiger partial charge < -0.3 is 4.90 Å². The molecule has 1 aromatic carbocycles. The Kier molecular flexibility index (Phi) is 7.30. The van der Waals surface area contributed by atoms with E-state index in [1.54, 1.807) is 4.90 Å². The minimum atomic E-state index is -4.10. The summed E-state index contributed by atoms with van der Waals surface area (Å²) in [6.07, 6.45) is 4.44. The summed E-state index contributed by atoms with van der Waals surface area (Å²) in [6, 6.07) is 1.61. The van der Waals surface area contributed by atoms with Crippen molar-refractivity contribution in [2.24, 2.45) is 0 Å². The molecule has 1 aromatic rings. The second-order valence-corrected chi connectivity index (χ2v) is 8.63. The third-order valence-electron chi connectivity index (χ3n) is 4.73. The van der Waals surface area contributed by atoms with E-state index in [-0.39, 0.29) is 11.7 Å². The summed E-state index contributed by atoms with van der Waals surface area (Å²) in [5.41, 5.74) is -1.27. The van der Waals surface area contributed by atoms with Gasteiger partial charge in [-0.05, 0) is 25.7 Å². The van der Waals surface area contributed by atoms with Crippen molar-refractivity contribution in [2.45, 2.75) is 63.3 Å². The highest BCUT2D eigenvalue weighted by Crippen LogP contribution is 2.40. The zero-order valence-corrected chi connectivity index (χ0v) is 16.9. The van der Waals surface area contributed by atoms with Crippen molar-refractivity contribution < 1.29 is 18.3 Å². The summed E-state index contributed by atoms with van der Waals surface area (Å²) in [5, 5.41) is 23.3. The molecule has 1 saturated carbocycles. The number of anilines is 1. The predicted octanol–water partition coefficient (Wildman–Crippen LogP) is 3.35. The number of hydrogen-bond donors (Lipinski definition) is 1. The van der Waals surface area contributed by atoms with E-state index in [9.17, 15) is 28.6 Å². The summed E-state index contributed by atoms with van der Waals surface area (Å²) in [4.78, 5) is 23.0. The van der Waals surface area contributed by atoms with Gasteiger partial charge in [0.25, 0.3) is 0 Å². The van der Waals surface area contributed by atoms with Crippen molar-refractivity contribution >= 4 is 27.1 Å². The van der Waals surface area contributed by atoms with E-state index in [1.807, 2.05) is 13.8 Å². The lowest BCUT2D eigenvalue weighted by atomic mass is 10.2. The minimum Gasteiger partial charge on any atom is -0.360 e. The van der Waals surface area contributed by atoms with Crippen molar-refractivity contribution in [1.82, 2.24) is 4.72 Å². The molecule has 156 valence electrons. The molecule has 1 N–H and O–H groups in total. The molecule has 2 rings (SSSR count). The summed E-state index contributed by atoms with van der Waals surface area (Å²) in [6.45, 7) is 4.51. The summed E-state index contributed by atoms with van der Waals surface area (Å²) in [5.74, 6) is 0. The van der Waals surface area contributed by atoms with E-state index >= 15 is 0 Å². The number of rotatable bonds is 10. The standard InChI is InChI=1S/C17H26N4O6S/c1-3-9-19(10-4-2)17-15(20(22)23)11-14(12-16(17)21(24)25)28(26,27)18-13-7-5-6-8-13/h11-13,18H,3-10H2,1-2H3. The Bertz CT molecular complexity index is 795. The van der Waals surface area contributed by atoms with E-state index in [1.165, 1.54) is 0 Å². The van der Waals surface area contributed by atoms with Gasteiger partial charge in [0.1, 0.15) is 0 Å². The lowest BCUT2D eigenvalue weighted by Crippen LogP contribution is -2.33. The molecule has 1 aliphatic rings. The molecule has 0 heterocycles. The first kappa shape index (κ1) is 22.0. The molecule has 0 aromatic heterocycles. The second-order valence-electron chi connectivity index (χ2n) is 6.91. The molecule has 0 atom stereocenters. The van der Waals surface area contributed by atoms with Crippen molar-refractivity contribution in [3.8, 4) is 0 Å². The fourth-order valence-electron chi connectivity index (χ4n) is 3.54. The molecule has 0 unspecified atom stereocenters. The maximum atomic E-state index is 12.7. The SMILES string of the molecule is CCCN(CCC)c1c([N+](=O)[O-])cc(S(=O)(=O)NC2CCCC2)cc1[N+](=O)[O-]. The van der Waals surface area contributed by atoms with Crippen LogP contribution in [0, 0.1) is 20.2 Å². The van der Waals surface area contributed by atoms with Gasteiger partial charge in [-0.1, -0.05) is 26.7 Å². The maximum absolute atomic E-state index is 12.7. The smallest absolute Gasteiger partial charge is 0.301 e.